The van der Waals surface area contributed by atoms with Crippen LogP contribution in [0.4, 0.5) is 5.82 Å². The summed E-state index contributed by atoms with van der Waals surface area (Å²) in [6.45, 7) is 1.70. The summed E-state index contributed by atoms with van der Waals surface area (Å²) in [7, 11) is 0. The van der Waals surface area contributed by atoms with Crippen LogP contribution in [0.25, 0.3) is 5.65 Å². The van der Waals surface area contributed by atoms with E-state index in [0.29, 0.717) is 24.6 Å². The molecule has 8 nitrogen and oxygen atoms in total. The molecule has 16 heavy (non-hydrogen) atoms. The number of hydrogen-bond donors (Lipinski definition) is 1. The van der Waals surface area contributed by atoms with Gasteiger partial charge < -0.3 is 10.2 Å². The second kappa shape index (κ2) is 3.40. The fourth-order valence-corrected chi connectivity index (χ4v) is 1.64. The van der Waals surface area contributed by atoms with Crippen molar-refractivity contribution in [2.75, 3.05) is 24.5 Å². The molecule has 1 N–H and O–H groups in total. The predicted octanol–water partition coefficient (Wildman–Crippen LogP) is -1.54. The van der Waals surface area contributed by atoms with Crippen LogP contribution in [0.3, 0.4) is 0 Å². The normalized spacial score (nSPS) is 16.5. The summed E-state index contributed by atoms with van der Waals surface area (Å²) in [6, 6.07) is 3.58. The zero-order valence-electron chi connectivity index (χ0n) is 8.37. The molecule has 2 aromatic heterocycles. The van der Waals surface area contributed by atoms with Gasteiger partial charge in [0.15, 0.2) is 11.5 Å². The van der Waals surface area contributed by atoms with Crippen LogP contribution in [0, 0.1) is 0 Å². The van der Waals surface area contributed by atoms with E-state index in [9.17, 15) is 4.79 Å². The van der Waals surface area contributed by atoms with Gasteiger partial charge in [-0.15, -0.1) is 14.8 Å². The number of hydrogen-bond acceptors (Lipinski definition) is 6. The van der Waals surface area contributed by atoms with Crippen molar-refractivity contribution in [2.24, 2.45) is 0 Å². The summed E-state index contributed by atoms with van der Waals surface area (Å²) in [4.78, 5) is 13.1. The lowest BCUT2D eigenvalue weighted by Gasteiger charge is -2.27. The summed E-state index contributed by atoms with van der Waals surface area (Å²) in [5.74, 6) is 0.708. The third kappa shape index (κ3) is 1.44. The van der Waals surface area contributed by atoms with Crippen LogP contribution in [-0.4, -0.2) is 50.8 Å². The summed E-state index contributed by atoms with van der Waals surface area (Å²) < 4.78 is 1.35. The minimum absolute atomic E-state index is 0.00450. The van der Waals surface area contributed by atoms with E-state index in [4.69, 9.17) is 0 Å². The van der Waals surface area contributed by atoms with Gasteiger partial charge in [-0.05, 0) is 22.6 Å². The molecule has 3 heterocycles. The molecule has 1 aliphatic rings. The Morgan fingerprint density at radius 2 is 2.31 bits per heavy atom. The van der Waals surface area contributed by atoms with Crippen molar-refractivity contribution in [2.45, 2.75) is 0 Å². The third-order valence-corrected chi connectivity index (χ3v) is 2.42. The van der Waals surface area contributed by atoms with Crippen molar-refractivity contribution in [3.63, 3.8) is 0 Å². The standard InChI is InChI=1S/C8H9N7O/c16-8-5-14(4-3-9-8)7-2-1-6-10-12-13-15(6)11-7/h1-2H,3-5H2,(H,9,16). The maximum Gasteiger partial charge on any atom is 0.239 e. The van der Waals surface area contributed by atoms with Crippen LogP contribution in [0.2, 0.25) is 0 Å². The lowest BCUT2D eigenvalue weighted by Crippen LogP contribution is -2.48. The number of carbonyl (C=O) groups excluding carboxylic acids is 1. The molecule has 1 amide bonds. The number of nitrogens with one attached hydrogen (secondary N) is 1. The van der Waals surface area contributed by atoms with Crippen molar-refractivity contribution >= 4 is 17.4 Å². The highest BCUT2D eigenvalue weighted by molar-refractivity contribution is 5.82. The van der Waals surface area contributed by atoms with Gasteiger partial charge in [-0.3, -0.25) is 4.79 Å². The molecule has 0 aromatic carbocycles. The Morgan fingerprint density at radius 1 is 1.38 bits per heavy atom. The van der Waals surface area contributed by atoms with Crippen molar-refractivity contribution < 1.29 is 4.79 Å². The molecule has 3 rings (SSSR count). The van der Waals surface area contributed by atoms with Crippen LogP contribution >= 0.6 is 0 Å². The Hall–Kier alpha value is -2.25. The van der Waals surface area contributed by atoms with Crippen LogP contribution in [0.1, 0.15) is 0 Å². The van der Waals surface area contributed by atoms with Gasteiger partial charge >= 0.3 is 0 Å². The highest BCUT2D eigenvalue weighted by atomic mass is 16.2. The topological polar surface area (TPSA) is 88.3 Å². The molecule has 0 radical (unpaired) electrons. The molecule has 1 fully saturated rings. The second-order valence-electron chi connectivity index (χ2n) is 3.49. The van der Waals surface area contributed by atoms with Gasteiger partial charge in [-0.2, -0.15) is 0 Å². The molecule has 0 saturated carbocycles. The summed E-state index contributed by atoms with van der Waals surface area (Å²) >= 11 is 0. The fourth-order valence-electron chi connectivity index (χ4n) is 1.64. The van der Waals surface area contributed by atoms with E-state index >= 15 is 0 Å². The first-order chi connectivity index (χ1) is 7.83. The largest absolute Gasteiger partial charge is 0.353 e. The summed E-state index contributed by atoms with van der Waals surface area (Å²) in [5.41, 5.74) is 0.588. The van der Waals surface area contributed by atoms with E-state index in [0.717, 1.165) is 6.54 Å². The number of rotatable bonds is 1. The van der Waals surface area contributed by atoms with Gasteiger partial charge in [0.1, 0.15) is 0 Å². The maximum absolute atomic E-state index is 11.2. The first-order valence-electron chi connectivity index (χ1n) is 4.90. The summed E-state index contributed by atoms with van der Waals surface area (Å²) in [6.07, 6.45) is 0. The van der Waals surface area contributed by atoms with Crippen LogP contribution in [-0.2, 0) is 4.79 Å². The Labute approximate surface area is 90.2 Å². The number of carbonyl (C=O) groups is 1. The smallest absolute Gasteiger partial charge is 0.239 e. The van der Waals surface area contributed by atoms with E-state index in [1.54, 1.807) is 6.07 Å². The SMILES string of the molecule is O=C1CN(c2ccc3nnnn3n2)CCN1. The lowest BCUT2D eigenvalue weighted by atomic mass is 10.3. The molecule has 0 spiro atoms. The molecule has 0 atom stereocenters. The quantitative estimate of drug-likeness (QED) is 0.625. The number of nitrogens with zero attached hydrogens (tertiary/aromatic N) is 6. The van der Waals surface area contributed by atoms with Gasteiger partial charge in [0.05, 0.1) is 6.54 Å². The summed E-state index contributed by atoms with van der Waals surface area (Å²) in [5, 5.41) is 18.0. The third-order valence-electron chi connectivity index (χ3n) is 2.42. The highest BCUT2D eigenvalue weighted by Crippen LogP contribution is 2.10. The number of fused-ring (bicyclic) bond motifs is 1. The van der Waals surface area contributed by atoms with Gasteiger partial charge in [0, 0.05) is 13.1 Å². The Balaban J connectivity index is 1.95. The Morgan fingerprint density at radius 3 is 3.19 bits per heavy atom. The zero-order valence-corrected chi connectivity index (χ0v) is 8.37. The van der Waals surface area contributed by atoms with E-state index < -0.39 is 0 Å². The molecule has 0 unspecified atom stereocenters. The number of tetrazole rings is 1. The molecule has 8 heteroatoms. The van der Waals surface area contributed by atoms with E-state index in [2.05, 4.69) is 25.9 Å². The number of aromatic nitrogens is 5. The van der Waals surface area contributed by atoms with Crippen molar-refractivity contribution in [3.8, 4) is 0 Å². The van der Waals surface area contributed by atoms with E-state index in [-0.39, 0.29) is 5.91 Å². The number of piperazine rings is 1. The van der Waals surface area contributed by atoms with Crippen LogP contribution in [0.15, 0.2) is 12.1 Å². The zero-order chi connectivity index (χ0) is 11.0. The van der Waals surface area contributed by atoms with Gasteiger partial charge in [-0.1, -0.05) is 0 Å². The van der Waals surface area contributed by atoms with Crippen molar-refractivity contribution in [1.29, 1.82) is 0 Å². The molecule has 1 aliphatic heterocycles. The van der Waals surface area contributed by atoms with Crippen LogP contribution in [0.5, 0.6) is 0 Å². The lowest BCUT2D eigenvalue weighted by molar-refractivity contribution is -0.120. The van der Waals surface area contributed by atoms with Gasteiger partial charge in [0.25, 0.3) is 0 Å². The Bertz CT molecular complexity index is 536. The minimum atomic E-state index is 0.00450. The average molecular weight is 219 g/mol. The van der Waals surface area contributed by atoms with Crippen molar-refractivity contribution in [1.82, 2.24) is 30.6 Å². The molecule has 0 aliphatic carbocycles. The highest BCUT2D eigenvalue weighted by Gasteiger charge is 2.17. The molecular formula is C8H9N7O. The monoisotopic (exact) mass is 219 g/mol. The molecule has 82 valence electrons. The molecule has 1 saturated heterocycles. The number of amides is 1. The molecule has 2 aromatic rings. The van der Waals surface area contributed by atoms with E-state index in [1.807, 2.05) is 11.0 Å². The number of anilines is 1. The molecular weight excluding hydrogens is 210 g/mol. The average Bonchev–Trinajstić information content (AvgIpc) is 2.75. The maximum atomic E-state index is 11.2. The first-order valence-corrected chi connectivity index (χ1v) is 4.90. The fraction of sp³-hybridized carbons (Fsp3) is 0.375. The van der Waals surface area contributed by atoms with Crippen molar-refractivity contribution in [3.05, 3.63) is 12.1 Å². The first kappa shape index (κ1) is 9.01. The second-order valence-corrected chi connectivity index (χ2v) is 3.49. The van der Waals surface area contributed by atoms with Gasteiger partial charge in [0.2, 0.25) is 5.91 Å². The Kier molecular flexibility index (Phi) is 1.92. The van der Waals surface area contributed by atoms with Crippen LogP contribution < -0.4 is 10.2 Å². The predicted molar refractivity (Wildman–Crippen MR) is 53.8 cm³/mol. The molecule has 0 bridgehead atoms. The minimum Gasteiger partial charge on any atom is -0.353 e. The van der Waals surface area contributed by atoms with Gasteiger partial charge in [-0.25, -0.2) is 0 Å². The van der Waals surface area contributed by atoms with E-state index in [1.165, 1.54) is 4.63 Å².